The molecule has 1 saturated heterocycles. The molecule has 0 unspecified atom stereocenters. The Morgan fingerprint density at radius 2 is 1.74 bits per heavy atom. The van der Waals surface area contributed by atoms with Crippen LogP contribution in [0.5, 0.6) is 0 Å². The van der Waals surface area contributed by atoms with Crippen molar-refractivity contribution in [1.29, 1.82) is 0 Å². The number of aromatic nitrogens is 1. The fraction of sp³-hybridized carbons (Fsp3) is 0.296. The van der Waals surface area contributed by atoms with Crippen LogP contribution in [0.25, 0.3) is 0 Å². The topological polar surface area (TPSA) is 78.8 Å². The van der Waals surface area contributed by atoms with Gasteiger partial charge in [0.2, 0.25) is 5.96 Å². The zero-order chi connectivity index (χ0) is 23.6. The van der Waals surface area contributed by atoms with E-state index in [9.17, 15) is 4.79 Å². The summed E-state index contributed by atoms with van der Waals surface area (Å²) in [5.41, 5.74) is 4.87. The van der Waals surface area contributed by atoms with Gasteiger partial charge in [-0.3, -0.25) is 20.0 Å². The molecule has 2 aromatic carbocycles. The number of nitrogens with zero attached hydrogens (tertiary/aromatic N) is 3. The van der Waals surface area contributed by atoms with Crippen LogP contribution in [0.1, 0.15) is 34.0 Å². The van der Waals surface area contributed by atoms with E-state index in [0.717, 1.165) is 56.1 Å². The number of carbonyl (C=O) groups excluding carboxylic acids is 1. The predicted octanol–water partition coefficient (Wildman–Crippen LogP) is 3.87. The van der Waals surface area contributed by atoms with E-state index in [4.69, 9.17) is 4.74 Å². The fourth-order valence-electron chi connectivity index (χ4n) is 3.81. The third-order valence-corrected chi connectivity index (χ3v) is 5.78. The van der Waals surface area contributed by atoms with Gasteiger partial charge >= 0.3 is 0 Å². The molecule has 1 aromatic heterocycles. The van der Waals surface area contributed by atoms with Crippen molar-refractivity contribution >= 4 is 17.6 Å². The summed E-state index contributed by atoms with van der Waals surface area (Å²) in [5, 5.41) is 6.28. The van der Waals surface area contributed by atoms with E-state index in [-0.39, 0.29) is 5.91 Å². The highest BCUT2D eigenvalue weighted by Gasteiger charge is 2.13. The summed E-state index contributed by atoms with van der Waals surface area (Å²) in [7, 11) is 0. The standard InChI is InChI=1S/C27H31N5O2/c1-2-23-5-3-4-6-25(23)30-27(29-19-21-11-13-28-14-12-21)31-26(33)24-9-7-22(8-10-24)20-32-15-17-34-18-16-32/h3-14H,2,15-20H2,1H3,(H2,29,30,31,33). The number of amides is 1. The number of rotatable bonds is 7. The van der Waals surface area contributed by atoms with Crippen molar-refractivity contribution in [3.8, 4) is 0 Å². The van der Waals surface area contributed by atoms with Gasteiger partial charge in [0.1, 0.15) is 0 Å². The lowest BCUT2D eigenvalue weighted by Gasteiger charge is -2.26. The first-order valence-electron chi connectivity index (χ1n) is 11.7. The molecule has 1 aliphatic heterocycles. The first-order valence-corrected chi connectivity index (χ1v) is 11.7. The Balaban J connectivity index is 1.46. The molecule has 2 N–H and O–H groups in total. The van der Waals surface area contributed by atoms with Crippen LogP contribution in [0, 0.1) is 0 Å². The Hall–Kier alpha value is -3.55. The first kappa shape index (κ1) is 23.6. The molecule has 0 aliphatic carbocycles. The number of nitrogens with one attached hydrogen (secondary N) is 2. The Bertz CT molecular complexity index is 1090. The van der Waals surface area contributed by atoms with Crippen LogP contribution in [0.3, 0.4) is 0 Å². The lowest BCUT2D eigenvalue weighted by molar-refractivity contribution is 0.0342. The number of ether oxygens (including phenoxy) is 1. The van der Waals surface area contributed by atoms with Crippen LogP contribution in [-0.2, 0) is 24.2 Å². The number of hydrogen-bond acceptors (Lipinski definition) is 5. The van der Waals surface area contributed by atoms with Gasteiger partial charge in [-0.2, -0.15) is 0 Å². The molecule has 176 valence electrons. The van der Waals surface area contributed by atoms with E-state index in [1.165, 1.54) is 5.56 Å². The van der Waals surface area contributed by atoms with Crippen LogP contribution in [-0.4, -0.2) is 48.1 Å². The van der Waals surface area contributed by atoms with Crippen LogP contribution >= 0.6 is 0 Å². The normalized spacial score (nSPS) is 14.6. The van der Waals surface area contributed by atoms with Crippen LogP contribution in [0.15, 0.2) is 78.0 Å². The van der Waals surface area contributed by atoms with E-state index in [1.54, 1.807) is 12.4 Å². The minimum Gasteiger partial charge on any atom is -0.379 e. The highest BCUT2D eigenvalue weighted by Crippen LogP contribution is 2.16. The van der Waals surface area contributed by atoms with Crippen molar-refractivity contribution in [3.05, 3.63) is 95.3 Å². The molecule has 0 atom stereocenters. The molecule has 7 nitrogen and oxygen atoms in total. The molecule has 4 rings (SSSR count). The lowest BCUT2D eigenvalue weighted by atomic mass is 10.1. The van der Waals surface area contributed by atoms with Crippen molar-refractivity contribution in [2.45, 2.75) is 26.4 Å². The quantitative estimate of drug-likeness (QED) is 0.416. The van der Waals surface area contributed by atoms with Gasteiger partial charge in [-0.25, -0.2) is 4.99 Å². The number of pyridine rings is 1. The minimum absolute atomic E-state index is 0.201. The Morgan fingerprint density at radius 3 is 2.47 bits per heavy atom. The highest BCUT2D eigenvalue weighted by atomic mass is 16.5. The van der Waals surface area contributed by atoms with Crippen molar-refractivity contribution in [3.63, 3.8) is 0 Å². The molecule has 1 fully saturated rings. The SMILES string of the molecule is CCc1ccccc1NC(=NCc1ccncc1)NC(=O)c1ccc(CN2CCOCC2)cc1. The average Bonchev–Trinajstić information content (AvgIpc) is 2.89. The molecule has 34 heavy (non-hydrogen) atoms. The molecule has 0 radical (unpaired) electrons. The van der Waals surface area contributed by atoms with Gasteiger partial charge < -0.3 is 10.1 Å². The Kier molecular flexibility index (Phi) is 8.38. The molecule has 1 aliphatic rings. The predicted molar refractivity (Wildman–Crippen MR) is 135 cm³/mol. The number of aryl methyl sites for hydroxylation is 1. The number of carbonyl (C=O) groups is 1. The third kappa shape index (κ3) is 6.73. The van der Waals surface area contributed by atoms with E-state index in [0.29, 0.717) is 18.1 Å². The summed E-state index contributed by atoms with van der Waals surface area (Å²) >= 11 is 0. The maximum Gasteiger partial charge on any atom is 0.257 e. The van der Waals surface area contributed by atoms with Crippen molar-refractivity contribution in [2.24, 2.45) is 4.99 Å². The van der Waals surface area contributed by atoms with Gasteiger partial charge in [0.25, 0.3) is 5.91 Å². The number of hydrogen-bond donors (Lipinski definition) is 2. The molecule has 2 heterocycles. The van der Waals surface area contributed by atoms with Crippen molar-refractivity contribution in [1.82, 2.24) is 15.2 Å². The Labute approximate surface area is 200 Å². The fourth-order valence-corrected chi connectivity index (χ4v) is 3.81. The summed E-state index contributed by atoms with van der Waals surface area (Å²) in [6, 6.07) is 19.6. The van der Waals surface area contributed by atoms with Gasteiger partial charge in [0, 0.05) is 43.3 Å². The van der Waals surface area contributed by atoms with Crippen LogP contribution in [0.2, 0.25) is 0 Å². The Morgan fingerprint density at radius 1 is 1.00 bits per heavy atom. The van der Waals surface area contributed by atoms with Crippen molar-refractivity contribution < 1.29 is 9.53 Å². The summed E-state index contributed by atoms with van der Waals surface area (Å²) in [5.74, 6) is 0.216. The molecule has 7 heteroatoms. The zero-order valence-corrected chi connectivity index (χ0v) is 19.5. The van der Waals surface area contributed by atoms with Crippen LogP contribution in [0.4, 0.5) is 5.69 Å². The minimum atomic E-state index is -0.201. The van der Waals surface area contributed by atoms with Gasteiger partial charge in [0.15, 0.2) is 0 Å². The van der Waals surface area contributed by atoms with E-state index < -0.39 is 0 Å². The van der Waals surface area contributed by atoms with Crippen LogP contribution < -0.4 is 10.6 Å². The largest absolute Gasteiger partial charge is 0.379 e. The zero-order valence-electron chi connectivity index (χ0n) is 19.5. The van der Waals surface area contributed by atoms with Gasteiger partial charge in [-0.05, 0) is 53.4 Å². The number of benzene rings is 2. The van der Waals surface area contributed by atoms with Crippen molar-refractivity contribution in [2.75, 3.05) is 31.6 Å². The maximum absolute atomic E-state index is 13.0. The molecule has 0 spiro atoms. The summed E-state index contributed by atoms with van der Waals surface area (Å²) in [6.07, 6.45) is 4.35. The van der Waals surface area contributed by atoms with Gasteiger partial charge in [0.05, 0.1) is 19.8 Å². The van der Waals surface area contributed by atoms with E-state index >= 15 is 0 Å². The van der Waals surface area contributed by atoms with Gasteiger partial charge in [-0.15, -0.1) is 0 Å². The maximum atomic E-state index is 13.0. The number of guanidine groups is 1. The molecule has 0 bridgehead atoms. The number of para-hydroxylation sites is 1. The number of morpholine rings is 1. The molecular weight excluding hydrogens is 426 g/mol. The summed E-state index contributed by atoms with van der Waals surface area (Å²) in [6.45, 7) is 6.81. The molecule has 1 amide bonds. The van der Waals surface area contributed by atoms with E-state index in [1.807, 2.05) is 54.6 Å². The number of anilines is 1. The number of aliphatic imine (C=N–C) groups is 1. The van der Waals surface area contributed by atoms with E-state index in [2.05, 4.69) is 38.5 Å². The molecule has 0 saturated carbocycles. The summed E-state index contributed by atoms with van der Waals surface area (Å²) in [4.78, 5) is 24.1. The highest BCUT2D eigenvalue weighted by molar-refractivity contribution is 6.10. The third-order valence-electron chi connectivity index (χ3n) is 5.78. The summed E-state index contributed by atoms with van der Waals surface area (Å²) < 4.78 is 5.42. The second-order valence-electron chi connectivity index (χ2n) is 8.20. The second-order valence-corrected chi connectivity index (χ2v) is 8.20. The molecule has 3 aromatic rings. The first-order chi connectivity index (χ1) is 16.7. The molecular formula is C27H31N5O2. The smallest absolute Gasteiger partial charge is 0.257 e. The monoisotopic (exact) mass is 457 g/mol. The second kappa shape index (κ2) is 12.1. The average molecular weight is 458 g/mol. The lowest BCUT2D eigenvalue weighted by Crippen LogP contribution is -2.36. The van der Waals surface area contributed by atoms with Gasteiger partial charge in [-0.1, -0.05) is 37.3 Å².